The van der Waals surface area contributed by atoms with Gasteiger partial charge >= 0.3 is 5.97 Å². The van der Waals surface area contributed by atoms with Crippen molar-refractivity contribution in [2.45, 2.75) is 13.0 Å². The number of hydrogen-bond acceptors (Lipinski definition) is 2. The highest BCUT2D eigenvalue weighted by molar-refractivity contribution is 14.1. The van der Waals surface area contributed by atoms with Crippen molar-refractivity contribution >= 4 is 28.6 Å². The fraction of sp³-hybridized carbons (Fsp3) is 0.364. The van der Waals surface area contributed by atoms with Gasteiger partial charge in [-0.3, -0.25) is 4.79 Å². The van der Waals surface area contributed by atoms with Crippen LogP contribution in [-0.4, -0.2) is 29.6 Å². The second kappa shape index (κ2) is 6.25. The zero-order valence-corrected chi connectivity index (χ0v) is 11.4. The van der Waals surface area contributed by atoms with Gasteiger partial charge in [-0.05, 0) is 41.8 Å². The van der Waals surface area contributed by atoms with Crippen molar-refractivity contribution in [3.63, 3.8) is 0 Å². The Balaban J connectivity index is 2.74. The van der Waals surface area contributed by atoms with Crippen LogP contribution in [0.25, 0.3) is 0 Å². The van der Waals surface area contributed by atoms with Crippen molar-refractivity contribution in [1.29, 1.82) is 0 Å². The molecule has 0 fully saturated rings. The molecule has 3 nitrogen and oxygen atoms in total. The third kappa shape index (κ3) is 4.19. The maximum atomic E-state index is 13.6. The van der Waals surface area contributed by atoms with E-state index in [1.807, 2.05) is 0 Å². The van der Waals surface area contributed by atoms with Crippen molar-refractivity contribution in [3.05, 3.63) is 32.9 Å². The first kappa shape index (κ1) is 14.3. The van der Waals surface area contributed by atoms with Crippen molar-refractivity contribution < 1.29 is 18.7 Å². The number of halogens is 3. The van der Waals surface area contributed by atoms with E-state index in [2.05, 4.69) is 0 Å². The molecule has 0 heterocycles. The van der Waals surface area contributed by atoms with Crippen molar-refractivity contribution in [3.8, 4) is 0 Å². The Morgan fingerprint density at radius 3 is 2.71 bits per heavy atom. The SMILES string of the molecule is CN(CCC(=O)O)Cc1c(F)ccc(I)c1F. The lowest BCUT2D eigenvalue weighted by atomic mass is 10.2. The molecule has 0 amide bonds. The molecule has 0 saturated heterocycles. The molecule has 6 heteroatoms. The van der Waals surface area contributed by atoms with Crippen LogP contribution < -0.4 is 0 Å². The molecule has 1 aromatic rings. The van der Waals surface area contributed by atoms with E-state index < -0.39 is 17.6 Å². The normalized spacial score (nSPS) is 10.9. The van der Waals surface area contributed by atoms with Gasteiger partial charge in [0.2, 0.25) is 0 Å². The summed E-state index contributed by atoms with van der Waals surface area (Å²) in [5.41, 5.74) is -0.0233. The van der Waals surface area contributed by atoms with Crippen LogP contribution in [0.3, 0.4) is 0 Å². The Bertz CT molecular complexity index is 426. The standard InChI is InChI=1S/C11H12F2INO2/c1-15(5-4-10(16)17)6-7-8(12)2-3-9(14)11(7)13/h2-3H,4-6H2,1H3,(H,16,17). The van der Waals surface area contributed by atoms with E-state index >= 15 is 0 Å². The minimum atomic E-state index is -0.930. The number of benzene rings is 1. The van der Waals surface area contributed by atoms with Gasteiger partial charge in [0.1, 0.15) is 11.6 Å². The molecule has 0 atom stereocenters. The zero-order chi connectivity index (χ0) is 13.0. The van der Waals surface area contributed by atoms with Gasteiger partial charge in [0.15, 0.2) is 0 Å². The highest BCUT2D eigenvalue weighted by atomic mass is 127. The minimum Gasteiger partial charge on any atom is -0.481 e. The van der Waals surface area contributed by atoms with Crippen LogP contribution >= 0.6 is 22.6 Å². The molecule has 0 spiro atoms. The van der Waals surface area contributed by atoms with Crippen molar-refractivity contribution in [1.82, 2.24) is 4.90 Å². The highest BCUT2D eigenvalue weighted by Crippen LogP contribution is 2.19. The maximum absolute atomic E-state index is 13.6. The molecular weight excluding hydrogens is 343 g/mol. The zero-order valence-electron chi connectivity index (χ0n) is 9.21. The minimum absolute atomic E-state index is 0.0233. The molecule has 0 aliphatic heterocycles. The summed E-state index contributed by atoms with van der Waals surface area (Å²) in [5, 5.41) is 8.51. The van der Waals surface area contributed by atoms with Crippen LogP contribution in [0.5, 0.6) is 0 Å². The number of carbonyl (C=O) groups is 1. The molecule has 1 N–H and O–H groups in total. The Kier molecular flexibility index (Phi) is 5.26. The fourth-order valence-corrected chi connectivity index (χ4v) is 1.85. The number of aliphatic carboxylic acids is 1. The summed E-state index contributed by atoms with van der Waals surface area (Å²) in [6, 6.07) is 2.58. The van der Waals surface area contributed by atoms with Gasteiger partial charge in [0, 0.05) is 22.2 Å². The average molecular weight is 355 g/mol. The molecule has 0 aliphatic rings. The molecule has 0 saturated carbocycles. The van der Waals surface area contributed by atoms with E-state index in [0.29, 0.717) is 3.57 Å². The van der Waals surface area contributed by atoms with Gasteiger partial charge in [-0.15, -0.1) is 0 Å². The van der Waals surface area contributed by atoms with Gasteiger partial charge in [-0.2, -0.15) is 0 Å². The number of hydrogen-bond donors (Lipinski definition) is 1. The summed E-state index contributed by atoms with van der Waals surface area (Å²) in [4.78, 5) is 11.9. The first-order valence-corrected chi connectivity index (χ1v) is 6.02. The molecule has 1 rings (SSSR count). The second-order valence-electron chi connectivity index (χ2n) is 3.70. The first-order chi connectivity index (χ1) is 7.91. The lowest BCUT2D eigenvalue weighted by Crippen LogP contribution is -2.22. The van der Waals surface area contributed by atoms with E-state index in [0.717, 1.165) is 0 Å². The van der Waals surface area contributed by atoms with Crippen LogP contribution in [0.15, 0.2) is 12.1 Å². The van der Waals surface area contributed by atoms with Crippen LogP contribution in [-0.2, 0) is 11.3 Å². The molecule has 0 unspecified atom stereocenters. The van der Waals surface area contributed by atoms with Crippen LogP contribution in [0, 0.1) is 15.2 Å². The largest absolute Gasteiger partial charge is 0.481 e. The summed E-state index contributed by atoms with van der Waals surface area (Å²) in [7, 11) is 1.63. The molecule has 0 aliphatic carbocycles. The van der Waals surface area contributed by atoms with E-state index in [-0.39, 0.29) is 25.1 Å². The third-order valence-corrected chi connectivity index (χ3v) is 3.11. The quantitative estimate of drug-likeness (QED) is 0.652. The summed E-state index contributed by atoms with van der Waals surface area (Å²) in [6.45, 7) is 0.307. The lowest BCUT2D eigenvalue weighted by Gasteiger charge is -2.16. The lowest BCUT2D eigenvalue weighted by molar-refractivity contribution is -0.137. The number of carboxylic acids is 1. The summed E-state index contributed by atoms with van der Waals surface area (Å²) < 4.78 is 27.4. The van der Waals surface area contributed by atoms with Gasteiger partial charge in [0.25, 0.3) is 0 Å². The van der Waals surface area contributed by atoms with Crippen LogP contribution in [0.2, 0.25) is 0 Å². The van der Waals surface area contributed by atoms with E-state index in [9.17, 15) is 13.6 Å². The molecule has 0 bridgehead atoms. The second-order valence-corrected chi connectivity index (χ2v) is 4.87. The molecule has 0 radical (unpaired) electrons. The molecule has 94 valence electrons. The number of rotatable bonds is 5. The predicted octanol–water partition coefficient (Wildman–Crippen LogP) is 2.48. The predicted molar refractivity (Wildman–Crippen MR) is 67.7 cm³/mol. The summed E-state index contributed by atoms with van der Waals surface area (Å²) in [5.74, 6) is -2.11. The van der Waals surface area contributed by atoms with E-state index in [1.165, 1.54) is 12.1 Å². The topological polar surface area (TPSA) is 40.5 Å². The molecular formula is C11H12F2INO2. The van der Waals surface area contributed by atoms with Crippen molar-refractivity contribution in [2.75, 3.05) is 13.6 Å². The van der Waals surface area contributed by atoms with Gasteiger partial charge in [-0.25, -0.2) is 8.78 Å². The van der Waals surface area contributed by atoms with Crippen LogP contribution in [0.4, 0.5) is 8.78 Å². The van der Waals surface area contributed by atoms with E-state index in [4.69, 9.17) is 5.11 Å². The maximum Gasteiger partial charge on any atom is 0.304 e. The van der Waals surface area contributed by atoms with Gasteiger partial charge < -0.3 is 10.0 Å². The molecule has 17 heavy (non-hydrogen) atoms. The van der Waals surface area contributed by atoms with E-state index in [1.54, 1.807) is 34.5 Å². The molecule has 1 aromatic carbocycles. The Hall–Kier alpha value is -0.760. The third-order valence-electron chi connectivity index (χ3n) is 2.27. The highest BCUT2D eigenvalue weighted by Gasteiger charge is 2.14. The summed E-state index contributed by atoms with van der Waals surface area (Å²) >= 11 is 1.79. The van der Waals surface area contributed by atoms with Crippen molar-refractivity contribution in [2.24, 2.45) is 0 Å². The Morgan fingerprint density at radius 2 is 2.12 bits per heavy atom. The number of nitrogens with zero attached hydrogens (tertiary/aromatic N) is 1. The Labute approximate surface area is 112 Å². The average Bonchev–Trinajstić information content (AvgIpc) is 2.27. The first-order valence-electron chi connectivity index (χ1n) is 4.94. The smallest absolute Gasteiger partial charge is 0.304 e. The Morgan fingerprint density at radius 1 is 1.47 bits per heavy atom. The van der Waals surface area contributed by atoms with Crippen LogP contribution in [0.1, 0.15) is 12.0 Å². The monoisotopic (exact) mass is 355 g/mol. The molecule has 0 aromatic heterocycles. The fourth-order valence-electron chi connectivity index (χ4n) is 1.35. The summed E-state index contributed by atoms with van der Waals surface area (Å²) in [6.07, 6.45) is -0.0519. The number of carboxylic acid groups (broad SMARTS) is 1. The van der Waals surface area contributed by atoms with Gasteiger partial charge in [0.05, 0.1) is 6.42 Å². The van der Waals surface area contributed by atoms with Gasteiger partial charge in [-0.1, -0.05) is 0 Å².